The number of hydrogen-bond acceptors (Lipinski definition) is 3. The lowest BCUT2D eigenvalue weighted by Crippen LogP contribution is -2.00. The van der Waals surface area contributed by atoms with E-state index in [2.05, 4.69) is 36.2 Å². The van der Waals surface area contributed by atoms with Crippen molar-refractivity contribution in [3.63, 3.8) is 0 Å². The molecule has 0 unspecified atom stereocenters. The SMILES string of the molecule is CCCCCc1ccc(O)c(-n2nc3ccc(CCCC)cc3n2)c1. The van der Waals surface area contributed by atoms with Crippen molar-refractivity contribution < 1.29 is 5.11 Å². The number of benzene rings is 2. The fourth-order valence-electron chi connectivity index (χ4n) is 3.07. The van der Waals surface area contributed by atoms with Crippen molar-refractivity contribution >= 4 is 11.0 Å². The van der Waals surface area contributed by atoms with Crippen LogP contribution in [-0.4, -0.2) is 20.1 Å². The lowest BCUT2D eigenvalue weighted by molar-refractivity contribution is 0.467. The maximum absolute atomic E-state index is 10.3. The second-order valence-electron chi connectivity index (χ2n) is 6.70. The number of rotatable bonds is 8. The van der Waals surface area contributed by atoms with Gasteiger partial charge in [-0.2, -0.15) is 0 Å². The molecule has 3 rings (SSSR count). The van der Waals surface area contributed by atoms with Crippen molar-refractivity contribution in [2.24, 2.45) is 0 Å². The summed E-state index contributed by atoms with van der Waals surface area (Å²) in [5.41, 5.74) is 4.89. The molecule has 4 heteroatoms. The number of aryl methyl sites for hydroxylation is 2. The van der Waals surface area contributed by atoms with E-state index in [0.29, 0.717) is 5.69 Å². The number of hydrogen-bond donors (Lipinski definition) is 1. The summed E-state index contributed by atoms with van der Waals surface area (Å²) in [6, 6.07) is 12.0. The Morgan fingerprint density at radius 1 is 0.800 bits per heavy atom. The van der Waals surface area contributed by atoms with E-state index >= 15 is 0 Å². The molecule has 0 saturated heterocycles. The summed E-state index contributed by atoms with van der Waals surface area (Å²) in [4.78, 5) is 1.56. The van der Waals surface area contributed by atoms with Crippen LogP contribution in [0.4, 0.5) is 0 Å². The third kappa shape index (κ3) is 4.19. The van der Waals surface area contributed by atoms with E-state index in [9.17, 15) is 5.11 Å². The molecule has 0 spiro atoms. The van der Waals surface area contributed by atoms with Gasteiger partial charge in [-0.15, -0.1) is 15.0 Å². The summed E-state index contributed by atoms with van der Waals surface area (Å²) in [5.74, 6) is 0.214. The number of aromatic hydroxyl groups is 1. The molecule has 0 fully saturated rings. The number of phenolic OH excluding ortho intramolecular Hbond substituents is 1. The van der Waals surface area contributed by atoms with Gasteiger partial charge in [0.25, 0.3) is 0 Å². The van der Waals surface area contributed by atoms with Crippen LogP contribution in [0, 0.1) is 0 Å². The van der Waals surface area contributed by atoms with E-state index in [1.54, 1.807) is 10.9 Å². The van der Waals surface area contributed by atoms with Gasteiger partial charge in [-0.05, 0) is 61.1 Å². The molecule has 1 N–H and O–H groups in total. The third-order valence-electron chi connectivity index (χ3n) is 4.59. The normalized spacial score (nSPS) is 11.3. The van der Waals surface area contributed by atoms with Gasteiger partial charge in [-0.3, -0.25) is 0 Å². The zero-order valence-electron chi connectivity index (χ0n) is 15.2. The molecule has 0 aliphatic carbocycles. The molecular formula is C21H27N3O. The van der Waals surface area contributed by atoms with Crippen molar-refractivity contribution in [2.75, 3.05) is 0 Å². The van der Waals surface area contributed by atoms with E-state index in [4.69, 9.17) is 0 Å². The molecule has 0 atom stereocenters. The largest absolute Gasteiger partial charge is 0.506 e. The first-order chi connectivity index (χ1) is 12.2. The molecule has 0 aliphatic heterocycles. The first-order valence-electron chi connectivity index (χ1n) is 9.39. The zero-order chi connectivity index (χ0) is 17.6. The molecule has 132 valence electrons. The van der Waals surface area contributed by atoms with Crippen LogP contribution in [0.1, 0.15) is 57.1 Å². The Bertz CT molecular complexity index is 838. The lowest BCUT2D eigenvalue weighted by atomic mass is 10.1. The van der Waals surface area contributed by atoms with Gasteiger partial charge in [0.2, 0.25) is 0 Å². The Balaban J connectivity index is 1.88. The number of nitrogens with zero attached hydrogens (tertiary/aromatic N) is 3. The van der Waals surface area contributed by atoms with Crippen LogP contribution in [-0.2, 0) is 12.8 Å². The second-order valence-corrected chi connectivity index (χ2v) is 6.70. The molecule has 0 bridgehead atoms. The molecule has 0 radical (unpaired) electrons. The van der Waals surface area contributed by atoms with Gasteiger partial charge < -0.3 is 5.11 Å². The fourth-order valence-corrected chi connectivity index (χ4v) is 3.07. The predicted molar refractivity (Wildman–Crippen MR) is 102 cm³/mol. The van der Waals surface area contributed by atoms with Crippen molar-refractivity contribution in [1.29, 1.82) is 0 Å². The van der Waals surface area contributed by atoms with Gasteiger partial charge in [0.1, 0.15) is 22.5 Å². The smallest absolute Gasteiger partial charge is 0.143 e. The minimum atomic E-state index is 0.214. The average Bonchev–Trinajstić information content (AvgIpc) is 3.04. The van der Waals surface area contributed by atoms with E-state index < -0.39 is 0 Å². The number of fused-ring (bicyclic) bond motifs is 1. The van der Waals surface area contributed by atoms with Crippen molar-refractivity contribution in [3.05, 3.63) is 47.5 Å². The minimum absolute atomic E-state index is 0.214. The highest BCUT2D eigenvalue weighted by Crippen LogP contribution is 2.24. The van der Waals surface area contributed by atoms with Gasteiger partial charge in [-0.1, -0.05) is 45.2 Å². The van der Waals surface area contributed by atoms with Gasteiger partial charge in [0, 0.05) is 0 Å². The zero-order valence-corrected chi connectivity index (χ0v) is 15.2. The summed E-state index contributed by atoms with van der Waals surface area (Å²) >= 11 is 0. The van der Waals surface area contributed by atoms with Crippen molar-refractivity contribution in [3.8, 4) is 11.4 Å². The fraction of sp³-hybridized carbons (Fsp3) is 0.429. The highest BCUT2D eigenvalue weighted by Gasteiger charge is 2.10. The summed E-state index contributed by atoms with van der Waals surface area (Å²) in [7, 11) is 0. The standard InChI is InChI=1S/C21H27N3O/c1-3-5-7-9-17-11-13-21(25)20(15-17)24-22-18-12-10-16(8-6-4-2)14-19(18)23-24/h10-15,25H,3-9H2,1-2H3. The Morgan fingerprint density at radius 3 is 2.28 bits per heavy atom. The van der Waals surface area contributed by atoms with E-state index in [1.165, 1.54) is 36.8 Å². The Morgan fingerprint density at radius 2 is 1.48 bits per heavy atom. The molecule has 0 saturated carbocycles. The number of aromatic nitrogens is 3. The van der Waals surface area contributed by atoms with Gasteiger partial charge in [0.05, 0.1) is 0 Å². The first kappa shape index (κ1) is 17.5. The van der Waals surface area contributed by atoms with E-state index in [0.717, 1.165) is 30.3 Å². The van der Waals surface area contributed by atoms with Crippen LogP contribution in [0.3, 0.4) is 0 Å². The molecule has 3 aromatic rings. The molecule has 1 heterocycles. The van der Waals surface area contributed by atoms with Gasteiger partial charge in [-0.25, -0.2) is 0 Å². The topological polar surface area (TPSA) is 50.9 Å². The molecule has 25 heavy (non-hydrogen) atoms. The van der Waals surface area contributed by atoms with Crippen LogP contribution in [0.2, 0.25) is 0 Å². The van der Waals surface area contributed by atoms with Gasteiger partial charge >= 0.3 is 0 Å². The van der Waals surface area contributed by atoms with Crippen LogP contribution < -0.4 is 0 Å². The monoisotopic (exact) mass is 337 g/mol. The maximum Gasteiger partial charge on any atom is 0.143 e. The third-order valence-corrected chi connectivity index (χ3v) is 4.59. The molecular weight excluding hydrogens is 310 g/mol. The van der Waals surface area contributed by atoms with Crippen LogP contribution in [0.5, 0.6) is 5.75 Å². The summed E-state index contributed by atoms with van der Waals surface area (Å²) in [5, 5.41) is 19.4. The maximum atomic E-state index is 10.3. The Labute approximate surface area is 149 Å². The Hall–Kier alpha value is -2.36. The van der Waals surface area contributed by atoms with Crippen molar-refractivity contribution in [1.82, 2.24) is 15.0 Å². The summed E-state index contributed by atoms with van der Waals surface area (Å²) < 4.78 is 0. The molecule has 2 aromatic carbocycles. The molecule has 0 aliphatic rings. The van der Waals surface area contributed by atoms with Gasteiger partial charge in [0.15, 0.2) is 0 Å². The van der Waals surface area contributed by atoms with E-state index in [1.807, 2.05) is 18.2 Å². The summed E-state index contributed by atoms with van der Waals surface area (Å²) in [6.07, 6.45) is 8.04. The average molecular weight is 337 g/mol. The molecule has 0 amide bonds. The first-order valence-corrected chi connectivity index (χ1v) is 9.39. The van der Waals surface area contributed by atoms with Crippen LogP contribution >= 0.6 is 0 Å². The lowest BCUT2D eigenvalue weighted by Gasteiger charge is -2.06. The molecule has 1 aromatic heterocycles. The molecule has 4 nitrogen and oxygen atoms in total. The number of phenols is 1. The number of unbranched alkanes of at least 4 members (excludes halogenated alkanes) is 3. The highest BCUT2D eigenvalue weighted by atomic mass is 16.3. The van der Waals surface area contributed by atoms with E-state index in [-0.39, 0.29) is 5.75 Å². The minimum Gasteiger partial charge on any atom is -0.506 e. The van der Waals surface area contributed by atoms with Crippen LogP contribution in [0.15, 0.2) is 36.4 Å². The second kappa shape index (κ2) is 8.15. The summed E-state index contributed by atoms with van der Waals surface area (Å²) in [6.45, 7) is 4.40. The van der Waals surface area contributed by atoms with Crippen LogP contribution in [0.25, 0.3) is 16.7 Å². The highest BCUT2D eigenvalue weighted by molar-refractivity contribution is 5.75. The quantitative estimate of drug-likeness (QED) is 0.575. The predicted octanol–water partition coefficient (Wildman–Crippen LogP) is 5.20. The van der Waals surface area contributed by atoms with Crippen molar-refractivity contribution in [2.45, 2.75) is 58.8 Å². The Kier molecular flexibility index (Phi) is 5.69.